The zero-order valence-electron chi connectivity index (χ0n) is 11.3. The van der Waals surface area contributed by atoms with Crippen LogP contribution in [-0.2, 0) is 0 Å². The average molecular weight is 274 g/mol. The van der Waals surface area contributed by atoms with Crippen LogP contribution in [-0.4, -0.2) is 47.0 Å². The molecule has 0 N–H and O–H groups in total. The van der Waals surface area contributed by atoms with Gasteiger partial charge in [-0.15, -0.1) is 0 Å². The van der Waals surface area contributed by atoms with Crippen molar-refractivity contribution >= 4 is 27.9 Å². The molecule has 0 aromatic rings. The van der Waals surface area contributed by atoms with E-state index < -0.39 is 0 Å². The van der Waals surface area contributed by atoms with E-state index in [0.717, 1.165) is 6.54 Å². The largest absolute Gasteiger partial charge is 0.303 e. The lowest BCUT2D eigenvalue weighted by Gasteiger charge is -2.21. The van der Waals surface area contributed by atoms with E-state index >= 15 is 0 Å². The summed E-state index contributed by atoms with van der Waals surface area (Å²) in [4.78, 5) is 7.11. The molecule has 0 aromatic carbocycles. The fourth-order valence-corrected chi connectivity index (χ4v) is 3.84. The Hall–Kier alpha value is 0.330. The quantitative estimate of drug-likeness (QED) is 0.637. The first-order chi connectivity index (χ1) is 8.36. The predicted molar refractivity (Wildman–Crippen MR) is 83.5 cm³/mol. The highest BCUT2D eigenvalue weighted by molar-refractivity contribution is 8.39. The van der Waals surface area contributed by atoms with Crippen molar-refractivity contribution in [3.05, 3.63) is 0 Å². The monoisotopic (exact) mass is 274 g/mol. The van der Waals surface area contributed by atoms with Crippen molar-refractivity contribution in [2.75, 3.05) is 37.7 Å². The lowest BCUT2D eigenvalue weighted by atomic mass is 10.2. The minimum Gasteiger partial charge on any atom is -0.303 e. The van der Waals surface area contributed by atoms with Crippen molar-refractivity contribution in [1.29, 1.82) is 0 Å². The first-order valence-electron chi connectivity index (χ1n) is 6.89. The highest BCUT2D eigenvalue weighted by Gasteiger charge is 2.09. The van der Waals surface area contributed by atoms with Gasteiger partial charge in [-0.25, -0.2) is 0 Å². The first-order valence-corrected chi connectivity index (χ1v) is 8.86. The first kappa shape index (κ1) is 15.4. The van der Waals surface area contributed by atoms with E-state index in [2.05, 4.69) is 23.7 Å². The van der Waals surface area contributed by atoms with Gasteiger partial charge in [0.25, 0.3) is 0 Å². The van der Waals surface area contributed by atoms with Crippen molar-refractivity contribution in [3.8, 4) is 0 Å². The van der Waals surface area contributed by atoms with Gasteiger partial charge in [0.15, 0.2) is 0 Å². The fourth-order valence-electron chi connectivity index (χ4n) is 1.76. The van der Waals surface area contributed by atoms with Gasteiger partial charge in [-0.3, -0.25) is 4.99 Å². The van der Waals surface area contributed by atoms with Gasteiger partial charge in [-0.1, -0.05) is 50.2 Å². The van der Waals surface area contributed by atoms with Crippen LogP contribution in [0.1, 0.15) is 39.5 Å². The van der Waals surface area contributed by atoms with Crippen molar-refractivity contribution in [2.45, 2.75) is 39.5 Å². The van der Waals surface area contributed by atoms with Gasteiger partial charge >= 0.3 is 0 Å². The molecule has 0 aromatic heterocycles. The molecule has 1 heterocycles. The third-order valence-electron chi connectivity index (χ3n) is 2.85. The molecule has 0 amide bonds. The topological polar surface area (TPSA) is 15.6 Å². The van der Waals surface area contributed by atoms with Crippen LogP contribution in [0.5, 0.6) is 0 Å². The summed E-state index contributed by atoms with van der Waals surface area (Å²) in [6, 6.07) is 0. The second kappa shape index (κ2) is 10.3. The summed E-state index contributed by atoms with van der Waals surface area (Å²) in [6.07, 6.45) is 5.28. The zero-order valence-corrected chi connectivity index (χ0v) is 12.9. The molecule has 0 bridgehead atoms. The smallest absolute Gasteiger partial charge is 0.124 e. The number of unbranched alkanes of at least 4 members (excludes halogenated alkanes) is 2. The van der Waals surface area contributed by atoms with Gasteiger partial charge < -0.3 is 4.90 Å². The van der Waals surface area contributed by atoms with Crippen LogP contribution in [0.4, 0.5) is 0 Å². The highest BCUT2D eigenvalue weighted by Crippen LogP contribution is 2.21. The second-order valence-corrected chi connectivity index (χ2v) is 6.82. The third kappa shape index (κ3) is 7.37. The number of hydrogen-bond donors (Lipinski definition) is 0. The van der Waals surface area contributed by atoms with Crippen molar-refractivity contribution in [3.63, 3.8) is 0 Å². The Morgan fingerprint density at radius 3 is 2.41 bits per heavy atom. The van der Waals surface area contributed by atoms with Crippen LogP contribution in [0, 0.1) is 0 Å². The van der Waals surface area contributed by atoms with Crippen molar-refractivity contribution in [1.82, 2.24) is 4.90 Å². The third-order valence-corrected chi connectivity index (χ3v) is 5.08. The minimum atomic E-state index is 1.03. The van der Waals surface area contributed by atoms with Crippen LogP contribution in [0.2, 0.25) is 0 Å². The molecule has 0 spiro atoms. The molecule has 1 aliphatic rings. The number of rotatable bonds is 9. The Morgan fingerprint density at radius 1 is 1.18 bits per heavy atom. The van der Waals surface area contributed by atoms with Gasteiger partial charge in [0.1, 0.15) is 4.38 Å². The van der Waals surface area contributed by atoms with Crippen molar-refractivity contribution in [2.24, 2.45) is 4.99 Å². The predicted octanol–water partition coefficient (Wildman–Crippen LogP) is 3.72. The molecule has 0 atom stereocenters. The molecule has 0 aliphatic carbocycles. The van der Waals surface area contributed by atoms with E-state index in [0.29, 0.717) is 0 Å². The second-order valence-electron chi connectivity index (χ2n) is 4.39. The maximum Gasteiger partial charge on any atom is 0.124 e. The SMILES string of the molecule is CCCCN(CCCC)CCSC1=NCCS1. The van der Waals surface area contributed by atoms with Gasteiger partial charge in [0.05, 0.1) is 6.54 Å². The highest BCUT2D eigenvalue weighted by atomic mass is 32.2. The molecule has 0 unspecified atom stereocenters. The van der Waals surface area contributed by atoms with Crippen LogP contribution in [0.15, 0.2) is 4.99 Å². The van der Waals surface area contributed by atoms with E-state index in [1.807, 2.05) is 23.5 Å². The normalized spacial score (nSPS) is 15.6. The Bertz CT molecular complexity index is 211. The Kier molecular flexibility index (Phi) is 9.30. The molecule has 1 aliphatic heterocycles. The molecule has 2 nitrogen and oxygen atoms in total. The number of nitrogens with zero attached hydrogens (tertiary/aromatic N) is 2. The maximum atomic E-state index is 4.48. The van der Waals surface area contributed by atoms with E-state index in [4.69, 9.17) is 0 Å². The molecular formula is C13H26N2S2. The fraction of sp³-hybridized carbons (Fsp3) is 0.923. The molecule has 0 radical (unpaired) electrons. The minimum absolute atomic E-state index is 1.03. The summed E-state index contributed by atoms with van der Waals surface area (Å²) in [7, 11) is 0. The standard InChI is InChI=1S/C13H26N2S2/c1-3-5-8-15(9-6-4-2)10-12-17-13-14-7-11-16-13/h3-12H2,1-2H3. The molecule has 100 valence electrons. The zero-order chi connectivity index (χ0) is 12.3. The van der Waals surface area contributed by atoms with E-state index in [-0.39, 0.29) is 0 Å². The van der Waals surface area contributed by atoms with Crippen LogP contribution in [0.3, 0.4) is 0 Å². The average Bonchev–Trinajstić information content (AvgIpc) is 2.85. The number of hydrogen-bond acceptors (Lipinski definition) is 4. The molecule has 0 fully saturated rings. The lowest BCUT2D eigenvalue weighted by molar-refractivity contribution is 0.281. The van der Waals surface area contributed by atoms with Crippen LogP contribution in [0.25, 0.3) is 0 Å². The van der Waals surface area contributed by atoms with Gasteiger partial charge in [0.2, 0.25) is 0 Å². The summed E-state index contributed by atoms with van der Waals surface area (Å²) in [5.74, 6) is 2.40. The molecule has 0 saturated carbocycles. The number of aliphatic imine (C=N–C) groups is 1. The summed E-state index contributed by atoms with van der Waals surface area (Å²) >= 11 is 3.87. The number of thioether (sulfide) groups is 2. The Morgan fingerprint density at radius 2 is 1.88 bits per heavy atom. The van der Waals surface area contributed by atoms with Gasteiger partial charge in [-0.05, 0) is 25.9 Å². The Balaban J connectivity index is 2.12. The van der Waals surface area contributed by atoms with Crippen LogP contribution >= 0.6 is 23.5 Å². The summed E-state index contributed by atoms with van der Waals surface area (Å²) < 4.78 is 1.32. The molecular weight excluding hydrogens is 248 g/mol. The van der Waals surface area contributed by atoms with Gasteiger partial charge in [-0.2, -0.15) is 0 Å². The summed E-state index contributed by atoms with van der Waals surface area (Å²) in [5.41, 5.74) is 0. The van der Waals surface area contributed by atoms with E-state index in [9.17, 15) is 0 Å². The Labute approximate surface area is 115 Å². The van der Waals surface area contributed by atoms with E-state index in [1.165, 1.54) is 61.2 Å². The summed E-state index contributed by atoms with van der Waals surface area (Å²) in [5, 5.41) is 0. The molecule has 17 heavy (non-hydrogen) atoms. The van der Waals surface area contributed by atoms with E-state index in [1.54, 1.807) is 0 Å². The van der Waals surface area contributed by atoms with Crippen molar-refractivity contribution < 1.29 is 0 Å². The molecule has 4 heteroatoms. The van der Waals surface area contributed by atoms with Crippen LogP contribution < -0.4 is 0 Å². The summed E-state index contributed by atoms with van der Waals surface area (Å²) in [6.45, 7) is 9.35. The lowest BCUT2D eigenvalue weighted by Crippen LogP contribution is -2.28. The molecule has 1 rings (SSSR count). The molecule has 0 saturated heterocycles. The van der Waals surface area contributed by atoms with Gasteiger partial charge in [0, 0.05) is 18.1 Å². The maximum absolute atomic E-state index is 4.48.